The van der Waals surface area contributed by atoms with Crippen LogP contribution in [0.1, 0.15) is 77.2 Å². The van der Waals surface area contributed by atoms with E-state index in [0.717, 1.165) is 17.9 Å². The van der Waals surface area contributed by atoms with Gasteiger partial charge in [-0.15, -0.1) is 0 Å². The monoisotopic (exact) mass is 416 g/mol. The lowest BCUT2D eigenvalue weighted by Crippen LogP contribution is -2.59. The molecule has 3 aliphatic carbocycles. The molecule has 0 radical (unpaired) electrons. The number of rotatable bonds is 4. The van der Waals surface area contributed by atoms with Gasteiger partial charge in [-0.1, -0.05) is 39.8 Å². The quantitative estimate of drug-likeness (QED) is 0.505. The third kappa shape index (κ3) is 4.26. The Kier molecular flexibility index (Phi) is 6.59. The lowest BCUT2D eigenvalue weighted by Gasteiger charge is -2.60. The molecule has 1 aromatic rings. The molecule has 4 aliphatic rings. The largest absolute Gasteiger partial charge is 0.496 e. The fourth-order valence-corrected chi connectivity index (χ4v) is 5.16. The molecule has 1 aromatic carbocycles. The van der Waals surface area contributed by atoms with Crippen molar-refractivity contribution in [2.45, 2.75) is 85.4 Å². The Morgan fingerprint density at radius 2 is 1.90 bits per heavy atom. The highest BCUT2D eigenvalue weighted by Crippen LogP contribution is 2.61. The summed E-state index contributed by atoms with van der Waals surface area (Å²) in [5.74, 6) is 1.49. The summed E-state index contributed by atoms with van der Waals surface area (Å²) in [4.78, 5) is 12.6. The van der Waals surface area contributed by atoms with Crippen molar-refractivity contribution in [3.63, 3.8) is 0 Å². The lowest BCUT2D eigenvalue weighted by atomic mass is 9.47. The molecule has 2 bridgehead atoms. The van der Waals surface area contributed by atoms with Gasteiger partial charge in [-0.05, 0) is 62.5 Å². The molecule has 5 rings (SSSR count). The summed E-state index contributed by atoms with van der Waals surface area (Å²) in [5, 5.41) is 0. The third-order valence-electron chi connectivity index (χ3n) is 6.77. The van der Waals surface area contributed by atoms with E-state index in [0.29, 0.717) is 29.0 Å². The summed E-state index contributed by atoms with van der Waals surface area (Å²) in [6.07, 6.45) is 3.28. The zero-order valence-electron chi connectivity index (χ0n) is 19.8. The minimum atomic E-state index is -0.556. The Hall–Kier alpha value is -1.53. The van der Waals surface area contributed by atoms with E-state index in [2.05, 4.69) is 13.8 Å². The average Bonchev–Trinajstić information content (AvgIpc) is 3.10. The predicted molar refractivity (Wildman–Crippen MR) is 119 cm³/mol. The molecular formula is C24H37BO5. The van der Waals surface area contributed by atoms with Gasteiger partial charge >= 0.3 is 13.1 Å². The highest BCUT2D eigenvalue weighted by Gasteiger charge is 2.61. The van der Waals surface area contributed by atoms with Gasteiger partial charge < -0.3 is 18.8 Å². The van der Waals surface area contributed by atoms with Crippen LogP contribution in [0.3, 0.4) is 0 Å². The molecule has 4 fully saturated rings. The van der Waals surface area contributed by atoms with Gasteiger partial charge in [0.15, 0.2) is 0 Å². The van der Waals surface area contributed by atoms with E-state index in [-0.39, 0.29) is 25.3 Å². The summed E-state index contributed by atoms with van der Waals surface area (Å²) in [6, 6.07) is 5.56. The number of methoxy groups -OCH3 is 1. The standard InChI is InChI=1S/C22H31BO5.C2H6/c1-21(2,3)26-20(24)15-9-7-8-13(18(15)25-6)12-23-27-17-11-14-10-16(19(17)28-23)22(14,4)5;1-2/h7-9,14,16-17,19H,10-12H2,1-6H3;1-2H3/t14?,16?,17-,19?;/m1./s1. The van der Waals surface area contributed by atoms with Crippen LogP contribution >= 0.6 is 0 Å². The molecule has 166 valence electrons. The number of benzene rings is 1. The maximum Gasteiger partial charge on any atom is 0.462 e. The van der Waals surface area contributed by atoms with Gasteiger partial charge in [-0.2, -0.15) is 0 Å². The molecule has 0 aromatic heterocycles. The number of hydrogen-bond acceptors (Lipinski definition) is 5. The van der Waals surface area contributed by atoms with Crippen LogP contribution in [-0.4, -0.2) is 38.0 Å². The summed E-state index contributed by atoms with van der Waals surface area (Å²) < 4.78 is 23.7. The number of para-hydroxylation sites is 1. The van der Waals surface area contributed by atoms with Crippen LogP contribution in [0.2, 0.25) is 0 Å². The second-order valence-electron chi connectivity index (χ2n) is 10.0. The van der Waals surface area contributed by atoms with Crippen molar-refractivity contribution < 1.29 is 23.6 Å². The fourth-order valence-electron chi connectivity index (χ4n) is 5.16. The molecule has 1 heterocycles. The van der Waals surface area contributed by atoms with E-state index < -0.39 is 5.60 Å². The summed E-state index contributed by atoms with van der Waals surface area (Å²) in [5.41, 5.74) is 1.14. The lowest BCUT2D eigenvalue weighted by molar-refractivity contribution is -0.150. The van der Waals surface area contributed by atoms with Gasteiger partial charge in [0, 0.05) is 6.32 Å². The molecule has 5 nitrogen and oxygen atoms in total. The summed E-state index contributed by atoms with van der Waals surface area (Å²) in [7, 11) is 1.29. The SMILES string of the molecule is CC.COc1c(CB2OC3C4CC(C[C@H]3O2)C4(C)C)cccc1C(=O)OC(C)(C)C. The minimum Gasteiger partial charge on any atom is -0.496 e. The van der Waals surface area contributed by atoms with E-state index in [9.17, 15) is 4.79 Å². The van der Waals surface area contributed by atoms with Crippen molar-refractivity contribution >= 4 is 13.1 Å². The molecule has 1 saturated heterocycles. The van der Waals surface area contributed by atoms with E-state index in [4.69, 9.17) is 18.8 Å². The van der Waals surface area contributed by atoms with E-state index in [1.165, 1.54) is 6.42 Å². The first kappa shape index (κ1) is 23.1. The highest BCUT2D eigenvalue weighted by atomic mass is 16.7. The number of ether oxygens (including phenoxy) is 2. The van der Waals surface area contributed by atoms with Gasteiger partial charge in [-0.25, -0.2) is 4.79 Å². The number of hydrogen-bond donors (Lipinski definition) is 0. The number of carbonyl (C=O) groups excluding carboxylic acids is 1. The number of esters is 1. The van der Waals surface area contributed by atoms with Crippen LogP contribution in [0.4, 0.5) is 0 Å². The molecule has 6 heteroatoms. The molecule has 0 amide bonds. The molecule has 0 N–H and O–H groups in total. The Bertz CT molecular complexity index is 769. The second-order valence-corrected chi connectivity index (χ2v) is 10.0. The van der Waals surface area contributed by atoms with E-state index >= 15 is 0 Å². The van der Waals surface area contributed by atoms with Crippen molar-refractivity contribution in [2.24, 2.45) is 17.3 Å². The first-order chi connectivity index (χ1) is 14.1. The van der Waals surface area contributed by atoms with Crippen molar-refractivity contribution in [2.75, 3.05) is 7.11 Å². The van der Waals surface area contributed by atoms with Crippen LogP contribution in [0.25, 0.3) is 0 Å². The topological polar surface area (TPSA) is 54.0 Å². The second kappa shape index (κ2) is 8.54. The van der Waals surface area contributed by atoms with Gasteiger partial charge in [0.05, 0.1) is 19.3 Å². The van der Waals surface area contributed by atoms with Crippen molar-refractivity contribution in [3.8, 4) is 5.75 Å². The zero-order valence-corrected chi connectivity index (χ0v) is 19.8. The average molecular weight is 416 g/mol. The van der Waals surface area contributed by atoms with E-state index in [1.54, 1.807) is 13.2 Å². The molecule has 3 unspecified atom stereocenters. The van der Waals surface area contributed by atoms with Gasteiger partial charge in [0.25, 0.3) is 0 Å². The number of carbonyl (C=O) groups is 1. The normalized spacial score (nSPS) is 28.6. The van der Waals surface area contributed by atoms with Gasteiger partial charge in [-0.3, -0.25) is 0 Å². The molecule has 3 saturated carbocycles. The van der Waals surface area contributed by atoms with Gasteiger partial charge in [0.2, 0.25) is 0 Å². The van der Waals surface area contributed by atoms with Crippen LogP contribution in [-0.2, 0) is 20.4 Å². The predicted octanol–water partition coefficient (Wildman–Crippen LogP) is 5.10. The summed E-state index contributed by atoms with van der Waals surface area (Å²) in [6.45, 7) is 14.3. The Morgan fingerprint density at radius 3 is 2.50 bits per heavy atom. The molecule has 0 spiro atoms. The van der Waals surface area contributed by atoms with Crippen molar-refractivity contribution in [1.82, 2.24) is 0 Å². The molecule has 4 atom stereocenters. The highest BCUT2D eigenvalue weighted by molar-refractivity contribution is 6.44. The van der Waals surface area contributed by atoms with Crippen LogP contribution < -0.4 is 4.74 Å². The Balaban J connectivity index is 0.00000124. The smallest absolute Gasteiger partial charge is 0.462 e. The minimum absolute atomic E-state index is 0.185. The van der Waals surface area contributed by atoms with Crippen LogP contribution in [0.5, 0.6) is 5.75 Å². The Labute approximate surface area is 181 Å². The molecule has 1 aliphatic heterocycles. The first-order valence-corrected chi connectivity index (χ1v) is 11.3. The van der Waals surface area contributed by atoms with Gasteiger partial charge in [0.1, 0.15) is 16.9 Å². The third-order valence-corrected chi connectivity index (χ3v) is 6.77. The van der Waals surface area contributed by atoms with Crippen LogP contribution in [0, 0.1) is 17.3 Å². The first-order valence-electron chi connectivity index (χ1n) is 11.3. The van der Waals surface area contributed by atoms with E-state index in [1.807, 2.05) is 46.8 Å². The van der Waals surface area contributed by atoms with Crippen molar-refractivity contribution in [3.05, 3.63) is 29.3 Å². The maximum atomic E-state index is 12.6. The van der Waals surface area contributed by atoms with Crippen LogP contribution in [0.15, 0.2) is 18.2 Å². The Morgan fingerprint density at radius 1 is 1.20 bits per heavy atom. The summed E-state index contributed by atoms with van der Waals surface area (Å²) >= 11 is 0. The zero-order chi connectivity index (χ0) is 22.3. The fraction of sp³-hybridized carbons (Fsp3) is 0.708. The molecular weight excluding hydrogens is 379 g/mol. The molecule has 30 heavy (non-hydrogen) atoms. The maximum absolute atomic E-state index is 12.6. The van der Waals surface area contributed by atoms with Crippen molar-refractivity contribution in [1.29, 1.82) is 0 Å².